The predicted octanol–water partition coefficient (Wildman–Crippen LogP) is 4.02. The quantitative estimate of drug-likeness (QED) is 0.351. The van der Waals surface area contributed by atoms with Crippen LogP contribution in [0, 0.1) is 12.3 Å². The molecule has 1 saturated heterocycles. The van der Waals surface area contributed by atoms with E-state index in [1.807, 2.05) is 37.1 Å². The minimum absolute atomic E-state index is 0.0760. The molecule has 1 fully saturated rings. The highest BCUT2D eigenvalue weighted by Gasteiger charge is 2.60. The number of piperazine rings is 1. The topological polar surface area (TPSA) is 50.6 Å². The molecular formula is C21H26F6N4O2. The summed E-state index contributed by atoms with van der Waals surface area (Å²) in [7, 11) is 1.77. The Kier molecular flexibility index (Phi) is 8.11. The first-order valence-corrected chi connectivity index (χ1v) is 10.1. The Morgan fingerprint density at radius 3 is 2.27 bits per heavy atom. The predicted molar refractivity (Wildman–Crippen MR) is 108 cm³/mol. The Bertz CT molecular complexity index is 880. The van der Waals surface area contributed by atoms with E-state index in [0.29, 0.717) is 13.0 Å². The summed E-state index contributed by atoms with van der Waals surface area (Å²) < 4.78 is 81.3. The van der Waals surface area contributed by atoms with Gasteiger partial charge in [-0.25, -0.2) is 4.79 Å². The highest BCUT2D eigenvalue weighted by molar-refractivity contribution is 5.68. The molecule has 0 radical (unpaired) electrons. The number of hydrogen-bond donors (Lipinski definition) is 0. The average molecular weight is 480 g/mol. The van der Waals surface area contributed by atoms with E-state index < -0.39 is 30.0 Å². The summed E-state index contributed by atoms with van der Waals surface area (Å²) in [6.07, 6.45) is -5.66. The van der Waals surface area contributed by atoms with Gasteiger partial charge >= 0.3 is 18.4 Å². The van der Waals surface area contributed by atoms with Crippen molar-refractivity contribution >= 4 is 6.09 Å². The van der Waals surface area contributed by atoms with Gasteiger partial charge in [0.1, 0.15) is 0 Å². The smallest absolute Gasteiger partial charge is 0.426 e. The van der Waals surface area contributed by atoms with Crippen LogP contribution >= 0.6 is 0 Å². The van der Waals surface area contributed by atoms with E-state index in [9.17, 15) is 31.1 Å². The summed E-state index contributed by atoms with van der Waals surface area (Å²) in [6, 6.07) is 0. The number of alkyl halides is 6. The minimum Gasteiger partial charge on any atom is -0.426 e. The largest absolute Gasteiger partial charge is 0.434 e. The fraction of sp³-hybridized carbons (Fsp3) is 0.619. The molecule has 33 heavy (non-hydrogen) atoms. The number of rotatable bonds is 6. The number of aromatic nitrogens is 2. The van der Waals surface area contributed by atoms with Crippen LogP contribution in [-0.2, 0) is 23.7 Å². The van der Waals surface area contributed by atoms with Gasteiger partial charge in [-0.05, 0) is 13.8 Å². The lowest BCUT2D eigenvalue weighted by atomic mass is 9.81. The van der Waals surface area contributed by atoms with Crippen molar-refractivity contribution in [1.29, 1.82) is 0 Å². The number of allylic oxidation sites excluding steroid dienone is 2. The summed E-state index contributed by atoms with van der Waals surface area (Å²) >= 11 is 0. The number of carbonyl (C=O) groups is 1. The molecule has 12 heteroatoms. The van der Waals surface area contributed by atoms with Gasteiger partial charge in [-0.2, -0.15) is 31.4 Å². The van der Waals surface area contributed by atoms with Crippen molar-refractivity contribution in [2.75, 3.05) is 26.2 Å². The van der Waals surface area contributed by atoms with Crippen LogP contribution in [0.2, 0.25) is 0 Å². The molecule has 1 aliphatic heterocycles. The number of carbonyl (C=O) groups excluding carboxylic acids is 1. The Morgan fingerprint density at radius 1 is 1.21 bits per heavy atom. The number of hydrogen-bond acceptors (Lipinski definition) is 4. The van der Waals surface area contributed by atoms with Crippen molar-refractivity contribution < 1.29 is 35.9 Å². The lowest BCUT2D eigenvalue weighted by Crippen LogP contribution is -2.52. The monoisotopic (exact) mass is 480 g/mol. The van der Waals surface area contributed by atoms with E-state index in [1.165, 1.54) is 0 Å². The van der Waals surface area contributed by atoms with Crippen molar-refractivity contribution in [1.82, 2.24) is 19.6 Å². The van der Waals surface area contributed by atoms with Gasteiger partial charge in [-0.1, -0.05) is 12.2 Å². The summed E-state index contributed by atoms with van der Waals surface area (Å²) in [5.74, 6) is 2.65. The maximum absolute atomic E-state index is 12.6. The third-order valence-corrected chi connectivity index (χ3v) is 5.29. The standard InChI is InChI=1S/C21H26F6N4O2/c1-5-7-19(3,8-6-2)16-15(13-29(4)28-16)14-30-9-11-31(12-10-30)18(32)33-17(20(22,23)24)21(25,26)27/h1,6,8,13,17H,7,9-12,14H2,2-4H3/b8-6-. The van der Waals surface area contributed by atoms with Crippen molar-refractivity contribution in [3.63, 3.8) is 0 Å². The van der Waals surface area contributed by atoms with Crippen LogP contribution < -0.4 is 0 Å². The van der Waals surface area contributed by atoms with Gasteiger partial charge in [0, 0.05) is 63.4 Å². The van der Waals surface area contributed by atoms with Gasteiger partial charge in [-0.3, -0.25) is 9.58 Å². The summed E-state index contributed by atoms with van der Waals surface area (Å²) in [4.78, 5) is 14.7. The van der Waals surface area contributed by atoms with Crippen LogP contribution in [0.5, 0.6) is 0 Å². The molecule has 1 atom stereocenters. The zero-order chi connectivity index (χ0) is 25.0. The number of amides is 1. The van der Waals surface area contributed by atoms with Gasteiger partial charge in [0.05, 0.1) is 5.69 Å². The summed E-state index contributed by atoms with van der Waals surface area (Å²) in [5, 5.41) is 4.55. The van der Waals surface area contributed by atoms with E-state index in [2.05, 4.69) is 15.8 Å². The second kappa shape index (κ2) is 10.1. The molecule has 0 aliphatic carbocycles. The van der Waals surface area contributed by atoms with Crippen LogP contribution in [0.4, 0.5) is 31.1 Å². The molecule has 2 rings (SSSR count). The van der Waals surface area contributed by atoms with Crippen LogP contribution in [0.25, 0.3) is 0 Å². The normalized spacial score (nSPS) is 17.9. The first-order chi connectivity index (χ1) is 15.2. The lowest BCUT2D eigenvalue weighted by Gasteiger charge is -2.35. The Hall–Kier alpha value is -2.68. The second-order valence-electron chi connectivity index (χ2n) is 8.09. The third-order valence-electron chi connectivity index (χ3n) is 5.29. The molecule has 1 amide bonds. The zero-order valence-electron chi connectivity index (χ0n) is 18.5. The SMILES string of the molecule is C#CCC(C)(/C=C\C)c1nn(C)cc1CN1CCN(C(=O)OC(C(F)(F)F)C(F)(F)F)CC1. The molecule has 0 bridgehead atoms. The second-order valence-corrected chi connectivity index (χ2v) is 8.09. The molecule has 0 spiro atoms. The van der Waals surface area contributed by atoms with E-state index in [4.69, 9.17) is 6.42 Å². The Balaban J connectivity index is 2.06. The Morgan fingerprint density at radius 2 is 1.79 bits per heavy atom. The van der Waals surface area contributed by atoms with Gasteiger partial charge in [0.15, 0.2) is 0 Å². The number of nitrogens with zero attached hydrogens (tertiary/aromatic N) is 4. The maximum atomic E-state index is 12.6. The van der Waals surface area contributed by atoms with Crippen LogP contribution in [-0.4, -0.2) is 70.3 Å². The number of aryl methyl sites for hydroxylation is 1. The molecule has 0 N–H and O–H groups in total. The maximum Gasteiger partial charge on any atom is 0.434 e. The van der Waals surface area contributed by atoms with Gasteiger partial charge in [0.2, 0.25) is 0 Å². The van der Waals surface area contributed by atoms with Gasteiger partial charge in [0.25, 0.3) is 6.10 Å². The molecule has 1 unspecified atom stereocenters. The van der Waals surface area contributed by atoms with Crippen LogP contribution in [0.15, 0.2) is 18.3 Å². The molecule has 1 aromatic rings. The van der Waals surface area contributed by atoms with Crippen molar-refractivity contribution in [3.8, 4) is 12.3 Å². The molecule has 184 valence electrons. The lowest BCUT2D eigenvalue weighted by molar-refractivity contribution is -0.308. The number of ether oxygens (including phenoxy) is 1. The molecule has 1 aliphatic rings. The number of halogens is 6. The highest BCUT2D eigenvalue weighted by Crippen LogP contribution is 2.36. The molecular weight excluding hydrogens is 454 g/mol. The van der Waals surface area contributed by atoms with Crippen LogP contribution in [0.1, 0.15) is 31.5 Å². The first-order valence-electron chi connectivity index (χ1n) is 10.1. The van der Waals surface area contributed by atoms with Crippen molar-refractivity contribution in [2.24, 2.45) is 7.05 Å². The third kappa shape index (κ3) is 6.66. The molecule has 0 saturated carbocycles. The van der Waals surface area contributed by atoms with Crippen molar-refractivity contribution in [2.45, 2.75) is 50.7 Å². The first kappa shape index (κ1) is 26.6. The van der Waals surface area contributed by atoms with Gasteiger partial charge in [-0.15, -0.1) is 12.3 Å². The van der Waals surface area contributed by atoms with E-state index in [1.54, 1.807) is 11.7 Å². The van der Waals surface area contributed by atoms with E-state index >= 15 is 0 Å². The van der Waals surface area contributed by atoms with E-state index in [0.717, 1.165) is 16.2 Å². The fourth-order valence-electron chi connectivity index (χ4n) is 3.76. The fourth-order valence-corrected chi connectivity index (χ4v) is 3.76. The molecule has 0 aromatic carbocycles. The summed E-state index contributed by atoms with van der Waals surface area (Å²) in [6.45, 7) is 4.59. The molecule has 1 aromatic heterocycles. The molecule has 6 nitrogen and oxygen atoms in total. The highest BCUT2D eigenvalue weighted by atomic mass is 19.4. The summed E-state index contributed by atoms with van der Waals surface area (Å²) in [5.41, 5.74) is 1.16. The van der Waals surface area contributed by atoms with Crippen LogP contribution in [0.3, 0.4) is 0 Å². The van der Waals surface area contributed by atoms with Crippen molar-refractivity contribution in [3.05, 3.63) is 29.6 Å². The Labute approximate surface area is 188 Å². The zero-order valence-corrected chi connectivity index (χ0v) is 18.5. The van der Waals surface area contributed by atoms with E-state index in [-0.39, 0.29) is 26.2 Å². The average Bonchev–Trinajstić information content (AvgIpc) is 3.06. The van der Waals surface area contributed by atoms with Gasteiger partial charge < -0.3 is 9.64 Å². The molecule has 2 heterocycles. The number of terminal acetylenes is 1. The minimum atomic E-state index is -5.75.